The minimum atomic E-state index is -0.728. The number of nitrogens with zero attached hydrogens (tertiary/aromatic N) is 1. The molecule has 3 rings (SSSR count). The van der Waals surface area contributed by atoms with Gasteiger partial charge in [0.05, 0.1) is 5.69 Å². The van der Waals surface area contributed by atoms with Crippen LogP contribution in [0.15, 0.2) is 35.2 Å². The standard InChI is InChI=1S/C18H16N2O3S/c1-10-4-5-13(8-12(10)3)20-17(22)14(16(21)19-18(20)23)9-15-11(2)6-7-24-15/h4-9H,1-3H3,(H,19,21,23). The predicted octanol–water partition coefficient (Wildman–Crippen LogP) is 3.34. The van der Waals surface area contributed by atoms with E-state index in [9.17, 15) is 14.4 Å². The first-order valence-electron chi connectivity index (χ1n) is 7.41. The van der Waals surface area contributed by atoms with Crippen LogP contribution in [-0.4, -0.2) is 17.8 Å². The van der Waals surface area contributed by atoms with Crippen LogP contribution in [0.2, 0.25) is 0 Å². The molecule has 2 aromatic rings. The molecule has 0 atom stereocenters. The zero-order valence-corrected chi connectivity index (χ0v) is 14.4. The van der Waals surface area contributed by atoms with Crippen molar-refractivity contribution in [3.63, 3.8) is 0 Å². The Bertz CT molecular complexity index is 895. The normalized spacial score (nSPS) is 16.7. The van der Waals surface area contributed by atoms with Crippen LogP contribution in [-0.2, 0) is 9.59 Å². The van der Waals surface area contributed by atoms with E-state index >= 15 is 0 Å². The van der Waals surface area contributed by atoms with Gasteiger partial charge in [0.1, 0.15) is 5.57 Å². The number of hydrogen-bond donors (Lipinski definition) is 1. The molecule has 0 unspecified atom stereocenters. The molecule has 6 heteroatoms. The molecule has 1 aliphatic heterocycles. The fraction of sp³-hybridized carbons (Fsp3) is 0.167. The third-order valence-electron chi connectivity index (χ3n) is 4.03. The highest BCUT2D eigenvalue weighted by atomic mass is 32.1. The second-order valence-electron chi connectivity index (χ2n) is 5.69. The quantitative estimate of drug-likeness (QED) is 0.673. The van der Waals surface area contributed by atoms with E-state index in [-0.39, 0.29) is 5.57 Å². The molecule has 122 valence electrons. The molecule has 1 aromatic heterocycles. The molecule has 0 bridgehead atoms. The van der Waals surface area contributed by atoms with Crippen molar-refractivity contribution in [1.82, 2.24) is 5.32 Å². The lowest BCUT2D eigenvalue weighted by Gasteiger charge is -2.26. The Morgan fingerprint density at radius 2 is 1.75 bits per heavy atom. The number of thiophene rings is 1. The third kappa shape index (κ3) is 2.76. The Morgan fingerprint density at radius 1 is 1.00 bits per heavy atom. The van der Waals surface area contributed by atoms with Crippen molar-refractivity contribution in [2.45, 2.75) is 20.8 Å². The van der Waals surface area contributed by atoms with Gasteiger partial charge >= 0.3 is 6.03 Å². The number of nitrogens with one attached hydrogen (secondary N) is 1. The van der Waals surface area contributed by atoms with Crippen molar-refractivity contribution in [3.8, 4) is 0 Å². The number of carbonyl (C=O) groups is 3. The van der Waals surface area contributed by atoms with E-state index < -0.39 is 17.8 Å². The van der Waals surface area contributed by atoms with E-state index in [0.29, 0.717) is 5.69 Å². The minimum Gasteiger partial charge on any atom is -0.273 e. The van der Waals surface area contributed by atoms with Crippen LogP contribution in [0.3, 0.4) is 0 Å². The van der Waals surface area contributed by atoms with E-state index in [1.54, 1.807) is 12.1 Å². The summed E-state index contributed by atoms with van der Waals surface area (Å²) in [5.41, 5.74) is 3.40. The zero-order chi connectivity index (χ0) is 17.4. The first-order chi connectivity index (χ1) is 11.4. The second kappa shape index (κ2) is 6.05. The highest BCUT2D eigenvalue weighted by Gasteiger charge is 2.37. The lowest BCUT2D eigenvalue weighted by atomic mass is 10.1. The second-order valence-corrected chi connectivity index (χ2v) is 6.64. The third-order valence-corrected chi connectivity index (χ3v) is 4.99. The summed E-state index contributed by atoms with van der Waals surface area (Å²) in [6, 6.07) is 6.48. The van der Waals surface area contributed by atoms with Crippen molar-refractivity contribution >= 4 is 40.9 Å². The highest BCUT2D eigenvalue weighted by Crippen LogP contribution is 2.26. The molecule has 4 amide bonds. The summed E-state index contributed by atoms with van der Waals surface area (Å²) in [6.07, 6.45) is 1.54. The molecule has 0 spiro atoms. The van der Waals surface area contributed by atoms with E-state index in [2.05, 4.69) is 5.32 Å². The Morgan fingerprint density at radius 3 is 2.38 bits per heavy atom. The molecule has 5 nitrogen and oxygen atoms in total. The Labute approximate surface area is 143 Å². The lowest BCUT2D eigenvalue weighted by Crippen LogP contribution is -2.54. The largest absolute Gasteiger partial charge is 0.335 e. The number of barbiturate groups is 1. The highest BCUT2D eigenvalue weighted by molar-refractivity contribution is 7.11. The summed E-state index contributed by atoms with van der Waals surface area (Å²) in [6.45, 7) is 5.76. The first-order valence-corrected chi connectivity index (χ1v) is 8.29. The predicted molar refractivity (Wildman–Crippen MR) is 94.0 cm³/mol. The monoisotopic (exact) mass is 340 g/mol. The smallest absolute Gasteiger partial charge is 0.273 e. The minimum absolute atomic E-state index is 0.0432. The van der Waals surface area contributed by atoms with Crippen molar-refractivity contribution in [2.75, 3.05) is 4.90 Å². The molecular weight excluding hydrogens is 324 g/mol. The van der Waals surface area contributed by atoms with Gasteiger partial charge in [-0.15, -0.1) is 11.3 Å². The number of imide groups is 2. The van der Waals surface area contributed by atoms with Gasteiger partial charge in [-0.05, 0) is 67.1 Å². The van der Waals surface area contributed by atoms with Crippen LogP contribution >= 0.6 is 11.3 Å². The Hall–Kier alpha value is -2.73. The number of urea groups is 1. The number of anilines is 1. The SMILES string of the molecule is Cc1ccc(N2C(=O)NC(=O)C(=Cc3sccc3C)C2=O)cc1C. The van der Waals surface area contributed by atoms with Gasteiger partial charge in [-0.1, -0.05) is 6.07 Å². The summed E-state index contributed by atoms with van der Waals surface area (Å²) < 4.78 is 0. The van der Waals surface area contributed by atoms with Gasteiger partial charge in [0.25, 0.3) is 11.8 Å². The van der Waals surface area contributed by atoms with Crippen LogP contribution in [0.5, 0.6) is 0 Å². The van der Waals surface area contributed by atoms with Crippen molar-refractivity contribution < 1.29 is 14.4 Å². The van der Waals surface area contributed by atoms with Gasteiger partial charge in [-0.2, -0.15) is 0 Å². The summed E-state index contributed by atoms with van der Waals surface area (Å²) >= 11 is 1.44. The average Bonchev–Trinajstić information content (AvgIpc) is 2.92. The fourth-order valence-electron chi connectivity index (χ4n) is 2.42. The molecule has 1 aliphatic rings. The Balaban J connectivity index is 2.04. The summed E-state index contributed by atoms with van der Waals surface area (Å²) in [5.74, 6) is -1.28. The topological polar surface area (TPSA) is 66.5 Å². The zero-order valence-electron chi connectivity index (χ0n) is 13.5. The molecule has 24 heavy (non-hydrogen) atoms. The van der Waals surface area contributed by atoms with Gasteiger partial charge in [0.2, 0.25) is 0 Å². The molecule has 1 aromatic carbocycles. The Kier molecular flexibility index (Phi) is 4.07. The van der Waals surface area contributed by atoms with Crippen LogP contribution in [0.1, 0.15) is 21.6 Å². The van der Waals surface area contributed by atoms with Crippen molar-refractivity contribution in [2.24, 2.45) is 0 Å². The van der Waals surface area contributed by atoms with Gasteiger partial charge < -0.3 is 0 Å². The van der Waals surface area contributed by atoms with Crippen LogP contribution in [0, 0.1) is 20.8 Å². The maximum atomic E-state index is 12.8. The maximum absolute atomic E-state index is 12.8. The van der Waals surface area contributed by atoms with Crippen LogP contribution < -0.4 is 10.2 Å². The number of amides is 4. The summed E-state index contributed by atoms with van der Waals surface area (Å²) in [5, 5.41) is 4.13. The number of aryl methyl sites for hydroxylation is 3. The van der Waals surface area contributed by atoms with Crippen LogP contribution in [0.4, 0.5) is 10.5 Å². The summed E-state index contributed by atoms with van der Waals surface area (Å²) in [7, 11) is 0. The number of benzene rings is 1. The maximum Gasteiger partial charge on any atom is 0.335 e. The number of hydrogen-bond acceptors (Lipinski definition) is 4. The number of carbonyl (C=O) groups excluding carboxylic acids is 3. The molecule has 0 aliphatic carbocycles. The summed E-state index contributed by atoms with van der Waals surface area (Å²) in [4.78, 5) is 38.9. The molecular formula is C18H16N2O3S. The van der Waals surface area contributed by atoms with Gasteiger partial charge in [-0.3, -0.25) is 14.9 Å². The van der Waals surface area contributed by atoms with E-state index in [1.807, 2.05) is 38.3 Å². The number of rotatable bonds is 2. The van der Waals surface area contributed by atoms with Gasteiger partial charge in [0.15, 0.2) is 0 Å². The van der Waals surface area contributed by atoms with Gasteiger partial charge in [-0.25, -0.2) is 9.69 Å². The molecule has 1 saturated heterocycles. The fourth-order valence-corrected chi connectivity index (χ4v) is 3.28. The van der Waals surface area contributed by atoms with Gasteiger partial charge in [0, 0.05) is 4.88 Å². The molecule has 2 heterocycles. The molecule has 1 N–H and O–H groups in total. The average molecular weight is 340 g/mol. The molecule has 0 saturated carbocycles. The molecule has 0 radical (unpaired) electrons. The van der Waals surface area contributed by atoms with E-state index in [0.717, 1.165) is 26.5 Å². The van der Waals surface area contributed by atoms with Crippen molar-refractivity contribution in [1.29, 1.82) is 0 Å². The molecule has 1 fully saturated rings. The first kappa shape index (κ1) is 16.1. The lowest BCUT2D eigenvalue weighted by molar-refractivity contribution is -0.122. The van der Waals surface area contributed by atoms with Crippen LogP contribution in [0.25, 0.3) is 6.08 Å². The van der Waals surface area contributed by atoms with E-state index in [1.165, 1.54) is 17.4 Å². The van der Waals surface area contributed by atoms with Crippen molar-refractivity contribution in [3.05, 3.63) is 56.8 Å². The van der Waals surface area contributed by atoms with E-state index in [4.69, 9.17) is 0 Å².